The molecule has 0 radical (unpaired) electrons. The van der Waals surface area contributed by atoms with Crippen LogP contribution in [-0.4, -0.2) is 58.9 Å². The van der Waals surface area contributed by atoms with Crippen LogP contribution in [0.2, 0.25) is 0 Å². The lowest BCUT2D eigenvalue weighted by atomic mass is 10.2. The van der Waals surface area contributed by atoms with E-state index in [0.29, 0.717) is 18.9 Å². The summed E-state index contributed by atoms with van der Waals surface area (Å²) in [5, 5.41) is 7.49. The molecular weight excluding hydrogens is 392 g/mol. The number of thioether (sulfide) groups is 1. The van der Waals surface area contributed by atoms with E-state index in [0.717, 1.165) is 34.2 Å². The zero-order valence-electron chi connectivity index (χ0n) is 16.7. The summed E-state index contributed by atoms with van der Waals surface area (Å²) in [6.45, 7) is 4.61. The molecule has 154 valence electrons. The van der Waals surface area contributed by atoms with Crippen molar-refractivity contribution in [1.29, 1.82) is 0 Å². The average molecular weight is 417 g/mol. The number of hydrogen-bond donors (Lipinski definition) is 1. The molecule has 2 atom stereocenters. The fraction of sp³-hybridized carbons (Fsp3) is 0.450. The summed E-state index contributed by atoms with van der Waals surface area (Å²) in [5.74, 6) is 1.63. The molecule has 1 aromatic heterocycles. The van der Waals surface area contributed by atoms with Crippen LogP contribution in [0.25, 0.3) is 5.69 Å². The summed E-state index contributed by atoms with van der Waals surface area (Å²) in [6, 6.07) is 7.42. The molecule has 0 spiro atoms. The second kappa shape index (κ2) is 8.08. The van der Waals surface area contributed by atoms with Gasteiger partial charge in [0.1, 0.15) is 11.6 Å². The minimum atomic E-state index is -0.652. The first-order valence-electron chi connectivity index (χ1n) is 9.55. The van der Waals surface area contributed by atoms with Crippen LogP contribution in [0.1, 0.15) is 25.1 Å². The molecule has 2 aliphatic heterocycles. The van der Waals surface area contributed by atoms with Crippen molar-refractivity contribution in [3.63, 3.8) is 0 Å². The van der Waals surface area contributed by atoms with E-state index in [1.54, 1.807) is 28.5 Å². The molecule has 0 bridgehead atoms. The van der Waals surface area contributed by atoms with Crippen LogP contribution in [0.15, 0.2) is 24.3 Å². The van der Waals surface area contributed by atoms with Crippen molar-refractivity contribution in [3.05, 3.63) is 35.5 Å². The third-order valence-corrected chi connectivity index (χ3v) is 5.97. The first-order chi connectivity index (χ1) is 14.0. The first-order valence-corrected chi connectivity index (χ1v) is 10.7. The van der Waals surface area contributed by atoms with E-state index in [4.69, 9.17) is 9.47 Å². The average Bonchev–Trinajstić information content (AvgIpc) is 3.29. The Morgan fingerprint density at radius 2 is 1.86 bits per heavy atom. The van der Waals surface area contributed by atoms with Gasteiger partial charge in [0.25, 0.3) is 0 Å². The van der Waals surface area contributed by atoms with Gasteiger partial charge in [-0.25, -0.2) is 4.68 Å². The minimum Gasteiger partial charge on any atom is -0.497 e. The minimum absolute atomic E-state index is 0.0963. The van der Waals surface area contributed by atoms with Crippen molar-refractivity contribution >= 4 is 29.4 Å². The van der Waals surface area contributed by atoms with E-state index < -0.39 is 11.8 Å². The number of benzene rings is 1. The lowest BCUT2D eigenvalue weighted by Gasteiger charge is -2.34. The highest BCUT2D eigenvalue weighted by Crippen LogP contribution is 2.36. The molecule has 8 nitrogen and oxygen atoms in total. The van der Waals surface area contributed by atoms with Gasteiger partial charge in [0.2, 0.25) is 0 Å². The summed E-state index contributed by atoms with van der Waals surface area (Å²) >= 11 is 1.74. The van der Waals surface area contributed by atoms with Crippen molar-refractivity contribution in [3.8, 4) is 11.4 Å². The molecule has 0 saturated carbocycles. The number of carbonyl (C=O) groups is 2. The van der Waals surface area contributed by atoms with Crippen LogP contribution < -0.4 is 10.1 Å². The normalized spacial score (nSPS) is 21.0. The maximum absolute atomic E-state index is 12.8. The third-order valence-electron chi connectivity index (χ3n) is 5.00. The first kappa shape index (κ1) is 19.8. The number of amides is 2. The van der Waals surface area contributed by atoms with Crippen LogP contribution >= 0.6 is 11.8 Å². The molecule has 1 N–H and O–H groups in total. The van der Waals surface area contributed by atoms with Gasteiger partial charge >= 0.3 is 11.8 Å². The van der Waals surface area contributed by atoms with Crippen LogP contribution in [0, 0.1) is 0 Å². The highest BCUT2D eigenvalue weighted by atomic mass is 32.2. The SMILES string of the molecule is COc1ccc(-n2nc3c(c2NC(=O)C(=O)N2C[C@H](C)O[C@@H](C)C2)CSC3)cc1. The highest BCUT2D eigenvalue weighted by molar-refractivity contribution is 7.98. The molecule has 1 saturated heterocycles. The van der Waals surface area contributed by atoms with Gasteiger partial charge in [-0.1, -0.05) is 0 Å². The number of methoxy groups -OCH3 is 1. The van der Waals surface area contributed by atoms with Crippen molar-refractivity contribution in [2.24, 2.45) is 0 Å². The zero-order valence-corrected chi connectivity index (χ0v) is 17.5. The van der Waals surface area contributed by atoms with Gasteiger partial charge in [-0.15, -0.1) is 0 Å². The number of morpholine rings is 1. The summed E-state index contributed by atoms with van der Waals surface area (Å²) in [6.07, 6.45) is -0.193. The maximum Gasteiger partial charge on any atom is 0.315 e. The van der Waals surface area contributed by atoms with Gasteiger partial charge in [-0.3, -0.25) is 9.59 Å². The Hall–Kier alpha value is -2.52. The molecule has 3 heterocycles. The molecule has 2 aromatic rings. The van der Waals surface area contributed by atoms with Gasteiger partial charge in [-0.2, -0.15) is 16.9 Å². The summed E-state index contributed by atoms with van der Waals surface area (Å²) < 4.78 is 12.6. The van der Waals surface area contributed by atoms with Crippen molar-refractivity contribution < 1.29 is 19.1 Å². The molecule has 0 unspecified atom stereocenters. The molecule has 1 fully saturated rings. The van der Waals surface area contributed by atoms with Gasteiger partial charge < -0.3 is 19.7 Å². The van der Waals surface area contributed by atoms with E-state index in [2.05, 4.69) is 10.4 Å². The fourth-order valence-corrected chi connectivity index (χ4v) is 4.73. The van der Waals surface area contributed by atoms with Crippen LogP contribution in [0.4, 0.5) is 5.82 Å². The smallest absolute Gasteiger partial charge is 0.315 e. The molecule has 29 heavy (non-hydrogen) atoms. The number of carbonyl (C=O) groups excluding carboxylic acids is 2. The van der Waals surface area contributed by atoms with Gasteiger partial charge in [0.05, 0.1) is 30.7 Å². The Labute approximate surface area is 173 Å². The zero-order chi connectivity index (χ0) is 20.5. The van der Waals surface area contributed by atoms with E-state index in [9.17, 15) is 9.59 Å². The third kappa shape index (κ3) is 3.97. The number of hydrogen-bond acceptors (Lipinski definition) is 6. The quantitative estimate of drug-likeness (QED) is 0.772. The van der Waals surface area contributed by atoms with Crippen LogP contribution in [0.3, 0.4) is 0 Å². The fourth-order valence-electron chi connectivity index (χ4n) is 3.70. The standard InChI is InChI=1S/C20H24N4O4S/c1-12-8-23(9-13(2)28-12)20(26)19(25)21-18-16-10-29-11-17(16)22-24(18)14-4-6-15(27-3)7-5-14/h4-7,12-13H,8-11H2,1-3H3,(H,21,25)/t12-,13-/m0/s1. The number of aromatic nitrogens is 2. The molecule has 2 amide bonds. The number of anilines is 1. The molecule has 1 aromatic carbocycles. The predicted octanol–water partition coefficient (Wildman–Crippen LogP) is 2.20. The Bertz CT molecular complexity index is 917. The van der Waals surface area contributed by atoms with Crippen LogP contribution in [0.5, 0.6) is 5.75 Å². The van der Waals surface area contributed by atoms with Crippen molar-refractivity contribution in [2.45, 2.75) is 37.6 Å². The largest absolute Gasteiger partial charge is 0.497 e. The Kier molecular flexibility index (Phi) is 5.51. The maximum atomic E-state index is 12.8. The number of ether oxygens (including phenoxy) is 2. The molecule has 2 aliphatic rings. The number of nitrogens with zero attached hydrogens (tertiary/aromatic N) is 3. The molecule has 9 heteroatoms. The summed E-state index contributed by atoms with van der Waals surface area (Å²) in [4.78, 5) is 27.1. The lowest BCUT2D eigenvalue weighted by molar-refractivity contribution is -0.151. The Balaban J connectivity index is 1.59. The van der Waals surface area contributed by atoms with Crippen LogP contribution in [-0.2, 0) is 25.8 Å². The topological polar surface area (TPSA) is 85.7 Å². The van der Waals surface area contributed by atoms with Gasteiger partial charge in [0.15, 0.2) is 0 Å². The van der Waals surface area contributed by atoms with Gasteiger partial charge in [-0.05, 0) is 38.1 Å². The number of rotatable bonds is 3. The Morgan fingerprint density at radius 1 is 1.17 bits per heavy atom. The Morgan fingerprint density at radius 3 is 2.52 bits per heavy atom. The van der Waals surface area contributed by atoms with E-state index in [-0.39, 0.29) is 12.2 Å². The van der Waals surface area contributed by atoms with E-state index in [1.165, 1.54) is 0 Å². The van der Waals surface area contributed by atoms with Crippen molar-refractivity contribution in [2.75, 3.05) is 25.5 Å². The van der Waals surface area contributed by atoms with E-state index >= 15 is 0 Å². The molecule has 4 rings (SSSR count). The molecule has 0 aliphatic carbocycles. The monoisotopic (exact) mass is 416 g/mol. The highest BCUT2D eigenvalue weighted by Gasteiger charge is 2.32. The molecular formula is C20H24N4O4S. The lowest BCUT2D eigenvalue weighted by Crippen LogP contribution is -2.51. The summed E-state index contributed by atoms with van der Waals surface area (Å²) in [5.41, 5.74) is 2.69. The van der Waals surface area contributed by atoms with E-state index in [1.807, 2.05) is 38.1 Å². The second-order valence-corrected chi connectivity index (χ2v) is 8.28. The van der Waals surface area contributed by atoms with Crippen molar-refractivity contribution in [1.82, 2.24) is 14.7 Å². The van der Waals surface area contributed by atoms with Gasteiger partial charge in [0, 0.05) is 30.2 Å². The second-order valence-electron chi connectivity index (χ2n) is 7.30. The predicted molar refractivity (Wildman–Crippen MR) is 110 cm³/mol. The number of fused-ring (bicyclic) bond motifs is 1. The number of nitrogens with one attached hydrogen (secondary N) is 1. The summed E-state index contributed by atoms with van der Waals surface area (Å²) in [7, 11) is 1.61.